The fourth-order valence-corrected chi connectivity index (χ4v) is 3.16. The molecule has 1 nitrogen and oxygen atoms in total. The molecule has 1 heteroatoms. The number of benzene rings is 1. The minimum Gasteiger partial charge on any atom is -0.321 e. The predicted octanol–water partition coefficient (Wildman–Crippen LogP) is 4.32. The first-order valence-corrected chi connectivity index (χ1v) is 7.09. The molecule has 1 saturated carbocycles. The summed E-state index contributed by atoms with van der Waals surface area (Å²) in [7, 11) is 0. The Morgan fingerprint density at radius 1 is 1.18 bits per heavy atom. The van der Waals surface area contributed by atoms with Crippen molar-refractivity contribution in [3.8, 4) is 0 Å². The van der Waals surface area contributed by atoms with E-state index in [0.717, 1.165) is 12.8 Å². The summed E-state index contributed by atoms with van der Waals surface area (Å²) in [5.41, 5.74) is 9.33. The maximum Gasteiger partial charge on any atom is 0.0409 e. The zero-order valence-corrected chi connectivity index (χ0v) is 11.2. The minimum atomic E-state index is -0.0396. The summed E-state index contributed by atoms with van der Waals surface area (Å²) in [6, 6.07) is 9.04. The van der Waals surface area contributed by atoms with Gasteiger partial charge in [0.25, 0.3) is 0 Å². The Kier molecular flexibility index (Phi) is 3.88. The highest BCUT2D eigenvalue weighted by Crippen LogP contribution is 2.37. The van der Waals surface area contributed by atoms with Crippen molar-refractivity contribution in [3.63, 3.8) is 0 Å². The van der Waals surface area contributed by atoms with Crippen LogP contribution < -0.4 is 5.73 Å². The molecule has 0 radical (unpaired) electrons. The van der Waals surface area contributed by atoms with Gasteiger partial charge in [-0.2, -0.15) is 0 Å². The Bertz CT molecular complexity index is 360. The molecular formula is C16H25N. The molecule has 2 rings (SSSR count). The quantitative estimate of drug-likeness (QED) is 0.820. The molecule has 0 aliphatic heterocycles. The maximum atomic E-state index is 6.53. The van der Waals surface area contributed by atoms with Crippen molar-refractivity contribution in [2.75, 3.05) is 0 Å². The topological polar surface area (TPSA) is 26.0 Å². The molecule has 0 unspecified atom stereocenters. The molecule has 2 N–H and O–H groups in total. The molecule has 94 valence electrons. The van der Waals surface area contributed by atoms with Crippen molar-refractivity contribution in [2.24, 2.45) is 5.73 Å². The third-order valence-corrected chi connectivity index (χ3v) is 4.41. The van der Waals surface area contributed by atoms with Crippen molar-refractivity contribution in [2.45, 2.75) is 63.8 Å². The summed E-state index contributed by atoms with van der Waals surface area (Å²) in [6.45, 7) is 4.54. The number of rotatable bonds is 4. The van der Waals surface area contributed by atoms with Crippen molar-refractivity contribution >= 4 is 0 Å². The molecule has 0 atom stereocenters. The second kappa shape index (κ2) is 5.22. The van der Waals surface area contributed by atoms with Crippen LogP contribution in [0.15, 0.2) is 24.3 Å². The average molecular weight is 231 g/mol. The van der Waals surface area contributed by atoms with E-state index in [0.29, 0.717) is 5.92 Å². The lowest BCUT2D eigenvalue weighted by Gasteiger charge is -2.25. The lowest BCUT2D eigenvalue weighted by Crippen LogP contribution is -2.33. The number of hydrogen-bond donors (Lipinski definition) is 1. The van der Waals surface area contributed by atoms with E-state index >= 15 is 0 Å². The van der Waals surface area contributed by atoms with Gasteiger partial charge in [-0.25, -0.2) is 0 Å². The third-order valence-electron chi connectivity index (χ3n) is 4.41. The van der Waals surface area contributed by atoms with E-state index in [4.69, 9.17) is 5.73 Å². The molecule has 17 heavy (non-hydrogen) atoms. The summed E-state index contributed by atoms with van der Waals surface area (Å²) in [5.74, 6) is 0.694. The normalized spacial score (nSPS) is 18.8. The van der Waals surface area contributed by atoms with Crippen LogP contribution in [0.1, 0.15) is 69.4 Å². The predicted molar refractivity (Wildman–Crippen MR) is 74.1 cm³/mol. The fourth-order valence-electron chi connectivity index (χ4n) is 3.16. The van der Waals surface area contributed by atoms with Crippen molar-refractivity contribution in [1.29, 1.82) is 0 Å². The van der Waals surface area contributed by atoms with Crippen LogP contribution in [0.25, 0.3) is 0 Å². The molecule has 0 aromatic heterocycles. The van der Waals surface area contributed by atoms with E-state index < -0.39 is 0 Å². The largest absolute Gasteiger partial charge is 0.321 e. The molecule has 0 heterocycles. The van der Waals surface area contributed by atoms with Crippen LogP contribution in [0.4, 0.5) is 0 Å². The average Bonchev–Trinajstić information content (AvgIpc) is 2.80. The molecule has 1 aromatic carbocycles. The van der Waals surface area contributed by atoms with Gasteiger partial charge in [-0.3, -0.25) is 0 Å². The Morgan fingerprint density at radius 2 is 1.82 bits per heavy atom. The van der Waals surface area contributed by atoms with Crippen LogP contribution in [0, 0.1) is 0 Å². The van der Waals surface area contributed by atoms with Gasteiger partial charge in [-0.05, 0) is 42.7 Å². The van der Waals surface area contributed by atoms with Gasteiger partial charge >= 0.3 is 0 Å². The second-order valence-electron chi connectivity index (χ2n) is 5.50. The van der Waals surface area contributed by atoms with E-state index in [1.807, 2.05) is 0 Å². The maximum absolute atomic E-state index is 6.53. The minimum absolute atomic E-state index is 0.0396. The van der Waals surface area contributed by atoms with Crippen molar-refractivity contribution < 1.29 is 0 Å². The van der Waals surface area contributed by atoms with Crippen LogP contribution in [0.2, 0.25) is 0 Å². The Hall–Kier alpha value is -0.820. The van der Waals surface area contributed by atoms with E-state index in [2.05, 4.69) is 38.1 Å². The molecule has 1 aliphatic carbocycles. The van der Waals surface area contributed by atoms with E-state index in [1.54, 1.807) is 0 Å². The summed E-state index contributed by atoms with van der Waals surface area (Å²) >= 11 is 0. The third kappa shape index (κ3) is 2.55. The molecule has 0 bridgehead atoms. The Balaban J connectivity index is 2.27. The number of hydrogen-bond acceptors (Lipinski definition) is 1. The van der Waals surface area contributed by atoms with Crippen molar-refractivity contribution in [3.05, 3.63) is 35.4 Å². The van der Waals surface area contributed by atoms with Crippen LogP contribution in [0.3, 0.4) is 0 Å². The summed E-state index contributed by atoms with van der Waals surface area (Å²) in [4.78, 5) is 0. The Morgan fingerprint density at radius 3 is 2.41 bits per heavy atom. The monoisotopic (exact) mass is 231 g/mol. The molecular weight excluding hydrogens is 206 g/mol. The van der Waals surface area contributed by atoms with Crippen LogP contribution >= 0.6 is 0 Å². The molecule has 1 fully saturated rings. The highest BCUT2D eigenvalue weighted by molar-refractivity contribution is 5.32. The van der Waals surface area contributed by atoms with Gasteiger partial charge in [-0.1, -0.05) is 51.0 Å². The summed E-state index contributed by atoms with van der Waals surface area (Å²) in [6.07, 6.45) is 7.31. The Labute approximate surface area is 105 Å². The van der Waals surface area contributed by atoms with Crippen LogP contribution in [0.5, 0.6) is 0 Å². The highest BCUT2D eigenvalue weighted by atomic mass is 14.8. The van der Waals surface area contributed by atoms with Crippen molar-refractivity contribution in [1.82, 2.24) is 0 Å². The van der Waals surface area contributed by atoms with E-state index in [1.165, 1.54) is 36.8 Å². The van der Waals surface area contributed by atoms with E-state index in [-0.39, 0.29) is 5.54 Å². The molecule has 1 aliphatic rings. The lowest BCUT2D eigenvalue weighted by atomic mass is 9.85. The van der Waals surface area contributed by atoms with Crippen LogP contribution in [-0.2, 0) is 5.54 Å². The van der Waals surface area contributed by atoms with Gasteiger partial charge < -0.3 is 5.73 Å². The first-order chi connectivity index (χ1) is 8.19. The standard InChI is InChI=1S/C16H25N/c1-3-13(4-2)14-8-7-9-15(12-14)16(17)10-5-6-11-16/h7-9,12-13H,3-6,10-11,17H2,1-2H3. The molecule has 0 saturated heterocycles. The first kappa shape index (κ1) is 12.6. The van der Waals surface area contributed by atoms with Gasteiger partial charge in [0.2, 0.25) is 0 Å². The van der Waals surface area contributed by atoms with Crippen LogP contribution in [-0.4, -0.2) is 0 Å². The van der Waals surface area contributed by atoms with E-state index in [9.17, 15) is 0 Å². The fraction of sp³-hybridized carbons (Fsp3) is 0.625. The second-order valence-corrected chi connectivity index (χ2v) is 5.50. The summed E-state index contributed by atoms with van der Waals surface area (Å²) < 4.78 is 0. The lowest BCUT2D eigenvalue weighted by molar-refractivity contribution is 0.460. The highest BCUT2D eigenvalue weighted by Gasteiger charge is 2.31. The van der Waals surface area contributed by atoms with Gasteiger partial charge in [-0.15, -0.1) is 0 Å². The zero-order chi connectivity index (χ0) is 12.3. The SMILES string of the molecule is CCC(CC)c1cccc(C2(N)CCCC2)c1. The molecule has 0 amide bonds. The van der Waals surface area contributed by atoms with Gasteiger partial charge in [0.1, 0.15) is 0 Å². The first-order valence-electron chi connectivity index (χ1n) is 7.09. The number of nitrogens with two attached hydrogens (primary N) is 1. The molecule has 1 aromatic rings. The van der Waals surface area contributed by atoms with Gasteiger partial charge in [0.05, 0.1) is 0 Å². The van der Waals surface area contributed by atoms with Gasteiger partial charge in [0.15, 0.2) is 0 Å². The summed E-state index contributed by atoms with van der Waals surface area (Å²) in [5, 5.41) is 0. The molecule has 0 spiro atoms. The van der Waals surface area contributed by atoms with Gasteiger partial charge in [0, 0.05) is 5.54 Å². The zero-order valence-electron chi connectivity index (χ0n) is 11.2. The smallest absolute Gasteiger partial charge is 0.0409 e.